The lowest BCUT2D eigenvalue weighted by molar-refractivity contribution is -0.133. The Balaban J connectivity index is 1.38. The van der Waals surface area contributed by atoms with Gasteiger partial charge in [-0.3, -0.25) is 14.6 Å². The molecule has 2 aromatic carbocycles. The second-order valence-electron chi connectivity index (χ2n) is 7.09. The number of piperidine rings is 1. The molecule has 142 valence electrons. The Kier molecular flexibility index (Phi) is 5.33. The number of para-hydroxylation sites is 1. The lowest BCUT2D eigenvalue weighted by atomic mass is 10.0. The van der Waals surface area contributed by atoms with Gasteiger partial charge in [-0.15, -0.1) is 0 Å². The molecule has 0 spiro atoms. The number of hydrogen-bond donors (Lipinski definition) is 1. The van der Waals surface area contributed by atoms with Crippen molar-refractivity contribution in [3.8, 4) is 11.1 Å². The minimum Gasteiger partial charge on any atom is -0.350 e. The summed E-state index contributed by atoms with van der Waals surface area (Å²) in [5, 5.41) is 4.00. The Bertz CT molecular complexity index is 998. The molecular weight excluding hydrogens is 350 g/mol. The number of likely N-dealkylation sites (tertiary alicyclic amines) is 1. The van der Waals surface area contributed by atoms with E-state index in [0.717, 1.165) is 41.4 Å². The third-order valence-electron chi connectivity index (χ3n) is 5.16. The van der Waals surface area contributed by atoms with Gasteiger partial charge in [-0.2, -0.15) is 0 Å². The first-order valence-electron chi connectivity index (χ1n) is 9.72. The van der Waals surface area contributed by atoms with E-state index in [4.69, 9.17) is 0 Å². The predicted molar refractivity (Wildman–Crippen MR) is 110 cm³/mol. The average molecular weight is 373 g/mol. The van der Waals surface area contributed by atoms with Gasteiger partial charge in [0, 0.05) is 48.8 Å². The smallest absolute Gasteiger partial charge is 0.251 e. The molecule has 3 aromatic rings. The fraction of sp³-hybridized carbons (Fsp3) is 0.261. The molecule has 0 bridgehead atoms. The van der Waals surface area contributed by atoms with Gasteiger partial charge in [-0.1, -0.05) is 30.3 Å². The van der Waals surface area contributed by atoms with Crippen molar-refractivity contribution in [1.29, 1.82) is 0 Å². The van der Waals surface area contributed by atoms with Crippen LogP contribution >= 0.6 is 0 Å². The molecular formula is C23H23N3O2. The molecule has 1 saturated heterocycles. The molecule has 1 fully saturated rings. The molecule has 0 unspecified atom stereocenters. The van der Waals surface area contributed by atoms with Crippen LogP contribution < -0.4 is 5.32 Å². The van der Waals surface area contributed by atoms with E-state index in [9.17, 15) is 9.59 Å². The molecule has 1 aliphatic heterocycles. The summed E-state index contributed by atoms with van der Waals surface area (Å²) >= 11 is 0. The van der Waals surface area contributed by atoms with Crippen molar-refractivity contribution in [3.63, 3.8) is 0 Å². The first kappa shape index (κ1) is 18.2. The molecule has 5 nitrogen and oxygen atoms in total. The summed E-state index contributed by atoms with van der Waals surface area (Å²) in [7, 11) is 0. The van der Waals surface area contributed by atoms with E-state index < -0.39 is 0 Å². The van der Waals surface area contributed by atoms with Gasteiger partial charge >= 0.3 is 0 Å². The van der Waals surface area contributed by atoms with Crippen molar-refractivity contribution in [3.05, 3.63) is 66.4 Å². The molecule has 4 rings (SSSR count). The summed E-state index contributed by atoms with van der Waals surface area (Å²) in [6.07, 6.45) is 4.50. The Morgan fingerprint density at radius 1 is 1.04 bits per heavy atom. The zero-order valence-electron chi connectivity index (χ0n) is 15.7. The van der Waals surface area contributed by atoms with E-state index in [1.807, 2.05) is 59.6 Å². The number of carbonyl (C=O) groups is 2. The number of amides is 2. The third kappa shape index (κ3) is 4.03. The van der Waals surface area contributed by atoms with Crippen molar-refractivity contribution < 1.29 is 9.59 Å². The molecule has 1 aliphatic rings. The molecule has 28 heavy (non-hydrogen) atoms. The third-order valence-corrected chi connectivity index (χ3v) is 5.16. The van der Waals surface area contributed by atoms with Gasteiger partial charge in [0.05, 0.1) is 5.52 Å². The Hall–Kier alpha value is -3.21. The molecule has 0 atom stereocenters. The van der Waals surface area contributed by atoms with Crippen LogP contribution in [0.3, 0.4) is 0 Å². The summed E-state index contributed by atoms with van der Waals surface area (Å²) in [4.78, 5) is 30.5. The maximum atomic E-state index is 12.4. The van der Waals surface area contributed by atoms with Gasteiger partial charge in [0.15, 0.2) is 0 Å². The van der Waals surface area contributed by atoms with Gasteiger partial charge in [-0.05, 0) is 42.7 Å². The van der Waals surface area contributed by atoms with E-state index in [0.29, 0.717) is 25.1 Å². The highest BCUT2D eigenvalue weighted by Crippen LogP contribution is 2.23. The number of rotatable bonds is 5. The van der Waals surface area contributed by atoms with Crippen LogP contribution in [0.25, 0.3) is 22.0 Å². The van der Waals surface area contributed by atoms with Crippen LogP contribution in [0, 0.1) is 0 Å². The SMILES string of the molecule is O=C(NCCN1CCCCC1=O)c1ccc(-c2cnc3ccccc3c2)cc1. The fourth-order valence-electron chi connectivity index (χ4n) is 3.55. The number of benzene rings is 2. The number of nitrogens with zero attached hydrogens (tertiary/aromatic N) is 2. The summed E-state index contributed by atoms with van der Waals surface area (Å²) < 4.78 is 0. The normalized spacial score (nSPS) is 14.3. The van der Waals surface area contributed by atoms with E-state index in [-0.39, 0.29) is 11.8 Å². The molecule has 5 heteroatoms. The lowest BCUT2D eigenvalue weighted by Crippen LogP contribution is -2.41. The molecule has 0 aliphatic carbocycles. The molecule has 1 aromatic heterocycles. The Morgan fingerprint density at radius 2 is 1.86 bits per heavy atom. The Labute approximate surface area is 164 Å². The van der Waals surface area contributed by atoms with Gasteiger partial charge in [0.1, 0.15) is 0 Å². The number of aromatic nitrogens is 1. The number of nitrogens with one attached hydrogen (secondary N) is 1. The van der Waals surface area contributed by atoms with Gasteiger partial charge in [0.25, 0.3) is 5.91 Å². The van der Waals surface area contributed by atoms with Crippen LogP contribution in [-0.2, 0) is 4.79 Å². The van der Waals surface area contributed by atoms with Crippen LogP contribution in [0.2, 0.25) is 0 Å². The van der Waals surface area contributed by atoms with Crippen LogP contribution in [0.1, 0.15) is 29.6 Å². The van der Waals surface area contributed by atoms with Gasteiger partial charge in [0.2, 0.25) is 5.91 Å². The van der Waals surface area contributed by atoms with Crippen molar-refractivity contribution in [2.45, 2.75) is 19.3 Å². The van der Waals surface area contributed by atoms with E-state index in [2.05, 4.69) is 16.4 Å². The minimum absolute atomic E-state index is 0.118. The second-order valence-corrected chi connectivity index (χ2v) is 7.09. The molecule has 2 heterocycles. The van der Waals surface area contributed by atoms with E-state index in [1.165, 1.54) is 0 Å². The monoisotopic (exact) mass is 373 g/mol. The highest BCUT2D eigenvalue weighted by atomic mass is 16.2. The topological polar surface area (TPSA) is 62.3 Å². The number of fused-ring (bicyclic) bond motifs is 1. The summed E-state index contributed by atoms with van der Waals surface area (Å²) in [5.74, 6) is 0.0708. The van der Waals surface area contributed by atoms with Crippen molar-refractivity contribution in [2.75, 3.05) is 19.6 Å². The highest BCUT2D eigenvalue weighted by Gasteiger charge is 2.17. The van der Waals surface area contributed by atoms with Crippen LogP contribution in [0.4, 0.5) is 0 Å². The first-order chi connectivity index (χ1) is 13.7. The summed E-state index contributed by atoms with van der Waals surface area (Å²) in [5.41, 5.74) is 3.62. The molecule has 2 amide bonds. The maximum Gasteiger partial charge on any atom is 0.251 e. The maximum absolute atomic E-state index is 12.4. The van der Waals surface area contributed by atoms with Gasteiger partial charge < -0.3 is 10.2 Å². The number of pyridine rings is 1. The van der Waals surface area contributed by atoms with Crippen LogP contribution in [0.15, 0.2) is 60.8 Å². The number of hydrogen-bond acceptors (Lipinski definition) is 3. The van der Waals surface area contributed by atoms with Crippen molar-refractivity contribution >= 4 is 22.7 Å². The fourth-order valence-corrected chi connectivity index (χ4v) is 3.55. The lowest BCUT2D eigenvalue weighted by Gasteiger charge is -2.26. The van der Waals surface area contributed by atoms with Crippen LogP contribution in [0.5, 0.6) is 0 Å². The highest BCUT2D eigenvalue weighted by molar-refractivity contribution is 5.95. The van der Waals surface area contributed by atoms with Gasteiger partial charge in [-0.25, -0.2) is 0 Å². The molecule has 0 saturated carbocycles. The largest absolute Gasteiger partial charge is 0.350 e. The predicted octanol–water partition coefficient (Wildman–Crippen LogP) is 3.64. The molecule has 1 N–H and O–H groups in total. The number of carbonyl (C=O) groups excluding carboxylic acids is 2. The van der Waals surface area contributed by atoms with Crippen molar-refractivity contribution in [2.24, 2.45) is 0 Å². The first-order valence-corrected chi connectivity index (χ1v) is 9.72. The van der Waals surface area contributed by atoms with Crippen LogP contribution in [-0.4, -0.2) is 41.3 Å². The zero-order valence-corrected chi connectivity index (χ0v) is 15.7. The Morgan fingerprint density at radius 3 is 2.68 bits per heavy atom. The second kappa shape index (κ2) is 8.21. The standard InChI is InChI=1S/C23H23N3O2/c27-22-7-3-4-13-26(22)14-12-24-23(28)18-10-8-17(9-11-18)20-15-19-5-1-2-6-21(19)25-16-20/h1-2,5-6,8-11,15-16H,3-4,7,12-14H2,(H,24,28). The quantitative estimate of drug-likeness (QED) is 0.743. The zero-order chi connectivity index (χ0) is 19.3. The minimum atomic E-state index is -0.118. The average Bonchev–Trinajstić information content (AvgIpc) is 2.75. The van der Waals surface area contributed by atoms with Crippen molar-refractivity contribution in [1.82, 2.24) is 15.2 Å². The summed E-state index contributed by atoms with van der Waals surface area (Å²) in [6, 6.07) is 17.6. The van der Waals surface area contributed by atoms with E-state index in [1.54, 1.807) is 0 Å². The molecule has 0 radical (unpaired) electrons. The van der Waals surface area contributed by atoms with E-state index >= 15 is 0 Å². The summed E-state index contributed by atoms with van der Waals surface area (Å²) in [6.45, 7) is 1.84.